The molecule has 3 aliphatic rings. The Kier molecular flexibility index (Phi) is 6.95. The van der Waals surface area contributed by atoms with Crippen LogP contribution in [0.5, 0.6) is 0 Å². The lowest BCUT2D eigenvalue weighted by molar-refractivity contribution is -0.134. The van der Waals surface area contributed by atoms with Gasteiger partial charge in [0.2, 0.25) is 5.91 Å². The Hall–Kier alpha value is -2.05. The fraction of sp³-hybridized carbons (Fsp3) is 0.565. The topological polar surface area (TPSA) is 70.7 Å². The second-order valence-electron chi connectivity index (χ2n) is 8.47. The van der Waals surface area contributed by atoms with Gasteiger partial charge in [-0.3, -0.25) is 9.59 Å². The number of likely N-dealkylation sites (tertiary alicyclic amines) is 1. The van der Waals surface area contributed by atoms with Crippen molar-refractivity contribution in [2.45, 2.75) is 50.7 Å². The molecule has 1 aromatic carbocycles. The summed E-state index contributed by atoms with van der Waals surface area (Å²) in [6, 6.07) is 7.22. The molecule has 2 N–H and O–H groups in total. The van der Waals surface area contributed by atoms with Crippen molar-refractivity contribution in [1.29, 1.82) is 0 Å². The molecule has 3 fully saturated rings. The number of carbonyl (C=O) groups is 2. The predicted molar refractivity (Wildman–Crippen MR) is 117 cm³/mol. The van der Waals surface area contributed by atoms with E-state index in [1.807, 2.05) is 18.2 Å². The smallest absolute Gasteiger partial charge is 0.286 e. The third kappa shape index (κ3) is 5.16. The van der Waals surface area contributed by atoms with Gasteiger partial charge >= 0.3 is 0 Å². The van der Waals surface area contributed by atoms with Crippen molar-refractivity contribution < 1.29 is 14.3 Å². The molecule has 2 saturated heterocycles. The molecule has 2 heterocycles. The number of amides is 2. The molecule has 162 valence electrons. The molecule has 3 unspecified atom stereocenters. The minimum Gasteiger partial charge on any atom is -0.483 e. The van der Waals surface area contributed by atoms with E-state index in [2.05, 4.69) is 15.5 Å². The molecular formula is C23H30ClN3O3. The molecule has 7 heteroatoms. The number of fused-ring (bicyclic) bond motifs is 1. The zero-order valence-electron chi connectivity index (χ0n) is 17.2. The number of morpholine rings is 1. The maximum Gasteiger partial charge on any atom is 0.286 e. The van der Waals surface area contributed by atoms with Crippen LogP contribution >= 0.6 is 11.6 Å². The minimum absolute atomic E-state index is 0.0781. The largest absolute Gasteiger partial charge is 0.483 e. The number of carbonyl (C=O) groups excluding carboxylic acids is 2. The van der Waals surface area contributed by atoms with Crippen LogP contribution < -0.4 is 10.6 Å². The average Bonchev–Trinajstić information content (AvgIpc) is 2.76. The van der Waals surface area contributed by atoms with Crippen molar-refractivity contribution in [2.75, 3.05) is 26.2 Å². The zero-order chi connectivity index (χ0) is 20.9. The molecule has 6 nitrogen and oxygen atoms in total. The van der Waals surface area contributed by atoms with E-state index in [0.29, 0.717) is 18.0 Å². The Labute approximate surface area is 183 Å². The van der Waals surface area contributed by atoms with Crippen LogP contribution in [0.3, 0.4) is 0 Å². The van der Waals surface area contributed by atoms with Gasteiger partial charge < -0.3 is 20.3 Å². The van der Waals surface area contributed by atoms with Crippen LogP contribution in [-0.4, -0.2) is 55.0 Å². The summed E-state index contributed by atoms with van der Waals surface area (Å²) >= 11 is 6.19. The van der Waals surface area contributed by atoms with Crippen LogP contribution in [0.1, 0.15) is 44.1 Å². The normalized spacial score (nSPS) is 28.4. The molecule has 0 aromatic heterocycles. The molecule has 0 radical (unpaired) electrons. The third-order valence-electron chi connectivity index (χ3n) is 6.34. The molecule has 3 atom stereocenters. The Morgan fingerprint density at radius 1 is 1.23 bits per heavy atom. The molecular weight excluding hydrogens is 402 g/mol. The summed E-state index contributed by atoms with van der Waals surface area (Å²) in [6.07, 6.45) is 7.54. The fourth-order valence-corrected chi connectivity index (χ4v) is 4.82. The highest BCUT2D eigenvalue weighted by atomic mass is 35.5. The molecule has 1 saturated carbocycles. The van der Waals surface area contributed by atoms with Gasteiger partial charge in [0.15, 0.2) is 5.76 Å². The molecule has 4 rings (SSSR count). The van der Waals surface area contributed by atoms with E-state index in [1.54, 1.807) is 12.1 Å². The van der Waals surface area contributed by atoms with Crippen molar-refractivity contribution in [3.63, 3.8) is 0 Å². The molecule has 30 heavy (non-hydrogen) atoms. The zero-order valence-corrected chi connectivity index (χ0v) is 18.0. The molecule has 0 spiro atoms. The highest BCUT2D eigenvalue weighted by Crippen LogP contribution is 2.32. The first-order valence-electron chi connectivity index (χ1n) is 11.0. The van der Waals surface area contributed by atoms with E-state index in [9.17, 15) is 9.59 Å². The first kappa shape index (κ1) is 21.2. The number of nitrogens with one attached hydrogen (secondary N) is 2. The Morgan fingerprint density at radius 2 is 2.03 bits per heavy atom. The fourth-order valence-electron chi connectivity index (χ4n) is 4.63. The molecule has 2 aliphatic heterocycles. The maximum atomic E-state index is 12.6. The van der Waals surface area contributed by atoms with Gasteiger partial charge in [-0.25, -0.2) is 0 Å². The third-order valence-corrected chi connectivity index (χ3v) is 6.69. The summed E-state index contributed by atoms with van der Waals surface area (Å²) in [5, 5.41) is 6.71. The van der Waals surface area contributed by atoms with Gasteiger partial charge in [-0.05, 0) is 62.9 Å². The second kappa shape index (κ2) is 9.84. The number of nitrogens with zero attached hydrogens (tertiary/aromatic N) is 1. The molecule has 1 aliphatic carbocycles. The summed E-state index contributed by atoms with van der Waals surface area (Å²) in [4.78, 5) is 27.6. The lowest BCUT2D eigenvalue weighted by Gasteiger charge is -2.39. The number of hydrogen-bond acceptors (Lipinski definition) is 4. The van der Waals surface area contributed by atoms with Crippen LogP contribution in [0.15, 0.2) is 30.0 Å². The second-order valence-corrected chi connectivity index (χ2v) is 8.88. The van der Waals surface area contributed by atoms with E-state index < -0.39 is 0 Å². The van der Waals surface area contributed by atoms with Crippen LogP contribution in [0.4, 0.5) is 0 Å². The van der Waals surface area contributed by atoms with Gasteiger partial charge in [-0.15, -0.1) is 0 Å². The average molecular weight is 432 g/mol. The van der Waals surface area contributed by atoms with Crippen LogP contribution in [-0.2, 0) is 14.3 Å². The summed E-state index contributed by atoms with van der Waals surface area (Å²) in [5.41, 5.74) is 0.754. The number of rotatable bonds is 5. The summed E-state index contributed by atoms with van der Waals surface area (Å²) < 4.78 is 6.00. The van der Waals surface area contributed by atoms with Gasteiger partial charge in [0.05, 0.1) is 6.04 Å². The van der Waals surface area contributed by atoms with Crippen molar-refractivity contribution in [1.82, 2.24) is 15.5 Å². The summed E-state index contributed by atoms with van der Waals surface area (Å²) in [5.74, 6) is 0.0545. The lowest BCUT2D eigenvalue weighted by atomic mass is 9.82. The number of piperidine rings is 1. The monoisotopic (exact) mass is 431 g/mol. The standard InChI is InChI=1S/C23H30ClN3O3/c24-18-7-3-2-6-16(18)15-21-23(29)26-19-14-17(8-9-20(19)30-21)22(28)25-10-13-27-11-4-1-5-12-27/h2-3,6-7,15,17,19-20H,1,4-5,8-14H2,(H,25,28)(H,26,29)/b21-15+. The highest BCUT2D eigenvalue weighted by Gasteiger charge is 2.40. The minimum atomic E-state index is -0.248. The van der Waals surface area contributed by atoms with Gasteiger partial charge in [-0.1, -0.05) is 36.2 Å². The van der Waals surface area contributed by atoms with Crippen molar-refractivity contribution >= 4 is 29.5 Å². The first-order chi connectivity index (χ1) is 14.6. The number of benzene rings is 1. The Balaban J connectivity index is 1.28. The summed E-state index contributed by atoms with van der Waals surface area (Å²) in [6.45, 7) is 3.88. The maximum absolute atomic E-state index is 12.6. The molecule has 2 amide bonds. The van der Waals surface area contributed by atoms with Crippen molar-refractivity contribution in [2.24, 2.45) is 5.92 Å². The van der Waals surface area contributed by atoms with Crippen molar-refractivity contribution in [3.8, 4) is 0 Å². The number of halogens is 1. The van der Waals surface area contributed by atoms with Gasteiger partial charge in [0, 0.05) is 24.0 Å². The van der Waals surface area contributed by atoms with Gasteiger partial charge in [0.25, 0.3) is 5.91 Å². The highest BCUT2D eigenvalue weighted by molar-refractivity contribution is 6.32. The van der Waals surface area contributed by atoms with Crippen molar-refractivity contribution in [3.05, 3.63) is 40.6 Å². The SMILES string of the molecule is O=C1NC2CC(C(=O)NCCN3CCCCC3)CCC2O/C1=C/c1ccccc1Cl. The molecule has 1 aromatic rings. The molecule has 0 bridgehead atoms. The Bertz CT molecular complexity index is 807. The number of ether oxygens (including phenoxy) is 1. The van der Waals surface area contributed by atoms with Gasteiger partial charge in [0.1, 0.15) is 6.10 Å². The number of hydrogen-bond donors (Lipinski definition) is 2. The van der Waals surface area contributed by atoms with E-state index in [0.717, 1.165) is 38.0 Å². The van der Waals surface area contributed by atoms with E-state index in [1.165, 1.54) is 19.3 Å². The quantitative estimate of drug-likeness (QED) is 0.703. The van der Waals surface area contributed by atoms with E-state index >= 15 is 0 Å². The predicted octanol–water partition coefficient (Wildman–Crippen LogP) is 2.97. The lowest BCUT2D eigenvalue weighted by Crippen LogP contribution is -2.55. The van der Waals surface area contributed by atoms with Gasteiger partial charge in [-0.2, -0.15) is 0 Å². The van der Waals surface area contributed by atoms with E-state index in [-0.39, 0.29) is 35.6 Å². The summed E-state index contributed by atoms with van der Waals surface area (Å²) in [7, 11) is 0. The van der Waals surface area contributed by atoms with Crippen LogP contribution in [0.25, 0.3) is 6.08 Å². The van der Waals surface area contributed by atoms with E-state index in [4.69, 9.17) is 16.3 Å². The van der Waals surface area contributed by atoms with Crippen LogP contribution in [0.2, 0.25) is 5.02 Å². The first-order valence-corrected chi connectivity index (χ1v) is 11.4. The Morgan fingerprint density at radius 3 is 2.83 bits per heavy atom. The van der Waals surface area contributed by atoms with Crippen LogP contribution in [0, 0.1) is 5.92 Å².